The zero-order chi connectivity index (χ0) is 22.7. The van der Waals surface area contributed by atoms with E-state index < -0.39 is 4.92 Å². The molecule has 2 heterocycles. The molecule has 1 N–H and O–H groups in total. The number of piperazine rings is 1. The van der Waals surface area contributed by atoms with E-state index in [1.807, 2.05) is 44.2 Å². The number of hydrogen-bond acceptors (Lipinski definition) is 7. The predicted molar refractivity (Wildman–Crippen MR) is 122 cm³/mol. The van der Waals surface area contributed by atoms with Gasteiger partial charge in [0, 0.05) is 61.3 Å². The van der Waals surface area contributed by atoms with Crippen molar-refractivity contribution in [2.45, 2.75) is 13.8 Å². The van der Waals surface area contributed by atoms with E-state index in [2.05, 4.69) is 20.2 Å². The molecule has 32 heavy (non-hydrogen) atoms. The number of carbonyl (C=O) groups is 1. The van der Waals surface area contributed by atoms with E-state index in [0.717, 1.165) is 17.2 Å². The topological polar surface area (TPSA) is 105 Å². The molecule has 0 radical (unpaired) electrons. The number of aryl methyl sites for hydroxylation is 2. The van der Waals surface area contributed by atoms with Gasteiger partial charge in [-0.1, -0.05) is 17.7 Å². The van der Waals surface area contributed by atoms with Crippen LogP contribution in [0.15, 0.2) is 54.6 Å². The summed E-state index contributed by atoms with van der Waals surface area (Å²) < 4.78 is 0. The predicted octanol–water partition coefficient (Wildman–Crippen LogP) is 3.71. The highest BCUT2D eigenvalue weighted by atomic mass is 16.6. The first-order valence-corrected chi connectivity index (χ1v) is 10.4. The fourth-order valence-corrected chi connectivity index (χ4v) is 3.56. The Bertz CT molecular complexity index is 1120. The van der Waals surface area contributed by atoms with Gasteiger partial charge < -0.3 is 15.1 Å². The number of nitro benzene ring substituents is 1. The second kappa shape index (κ2) is 9.01. The third-order valence-corrected chi connectivity index (χ3v) is 5.34. The highest BCUT2D eigenvalue weighted by molar-refractivity contribution is 5.94. The molecular weight excluding hydrogens is 408 g/mol. The van der Waals surface area contributed by atoms with Crippen LogP contribution in [0.3, 0.4) is 0 Å². The van der Waals surface area contributed by atoms with Gasteiger partial charge >= 0.3 is 0 Å². The van der Waals surface area contributed by atoms with Crippen molar-refractivity contribution < 1.29 is 9.72 Å². The van der Waals surface area contributed by atoms with E-state index in [0.29, 0.717) is 37.7 Å². The summed E-state index contributed by atoms with van der Waals surface area (Å²) in [5, 5.41) is 14.1. The van der Waals surface area contributed by atoms with Crippen molar-refractivity contribution in [1.29, 1.82) is 0 Å². The Morgan fingerprint density at radius 2 is 1.62 bits per heavy atom. The number of nitrogens with one attached hydrogen (secondary N) is 1. The van der Waals surface area contributed by atoms with Crippen molar-refractivity contribution in [3.05, 3.63) is 81.5 Å². The van der Waals surface area contributed by atoms with Crippen LogP contribution in [0.5, 0.6) is 0 Å². The van der Waals surface area contributed by atoms with Crippen LogP contribution in [-0.2, 0) is 0 Å². The van der Waals surface area contributed by atoms with Crippen LogP contribution in [-0.4, -0.2) is 51.9 Å². The Morgan fingerprint density at radius 1 is 0.969 bits per heavy atom. The highest BCUT2D eigenvalue weighted by Gasteiger charge is 2.24. The lowest BCUT2D eigenvalue weighted by atomic mass is 10.1. The molecule has 3 aromatic rings. The van der Waals surface area contributed by atoms with Gasteiger partial charge in [0.15, 0.2) is 0 Å². The third kappa shape index (κ3) is 4.83. The van der Waals surface area contributed by atoms with E-state index in [1.54, 1.807) is 4.90 Å². The molecule has 0 unspecified atom stereocenters. The SMILES string of the molecule is Cc1ccc(Nc2cc(C)nc(N3CCN(C(=O)c4ccc([N+](=O)[O-])cc4)CC3)n2)cc1. The summed E-state index contributed by atoms with van der Waals surface area (Å²) in [7, 11) is 0. The molecule has 9 nitrogen and oxygen atoms in total. The maximum absolute atomic E-state index is 12.8. The molecule has 1 amide bonds. The number of hydrogen-bond donors (Lipinski definition) is 1. The average Bonchev–Trinajstić information content (AvgIpc) is 2.80. The molecule has 0 bridgehead atoms. The molecule has 2 aromatic carbocycles. The summed E-state index contributed by atoms with van der Waals surface area (Å²) >= 11 is 0. The van der Waals surface area contributed by atoms with Gasteiger partial charge in [0.2, 0.25) is 5.95 Å². The molecule has 1 saturated heterocycles. The smallest absolute Gasteiger partial charge is 0.269 e. The summed E-state index contributed by atoms with van der Waals surface area (Å²) in [6.45, 7) is 6.22. The average molecular weight is 432 g/mol. The Morgan fingerprint density at radius 3 is 2.25 bits per heavy atom. The van der Waals surface area contributed by atoms with Crippen molar-refractivity contribution in [3.8, 4) is 0 Å². The Balaban J connectivity index is 1.41. The molecule has 9 heteroatoms. The summed E-state index contributed by atoms with van der Waals surface area (Å²) in [5.41, 5.74) is 3.42. The summed E-state index contributed by atoms with van der Waals surface area (Å²) in [4.78, 5) is 36.1. The second-order valence-electron chi connectivity index (χ2n) is 7.77. The molecule has 0 atom stereocenters. The van der Waals surface area contributed by atoms with E-state index >= 15 is 0 Å². The monoisotopic (exact) mass is 432 g/mol. The summed E-state index contributed by atoms with van der Waals surface area (Å²) in [6, 6.07) is 15.7. The number of aromatic nitrogens is 2. The van der Waals surface area contributed by atoms with Gasteiger partial charge in [-0.3, -0.25) is 14.9 Å². The lowest BCUT2D eigenvalue weighted by molar-refractivity contribution is -0.384. The Labute approximate surface area is 185 Å². The van der Waals surface area contributed by atoms with Crippen LogP contribution in [0, 0.1) is 24.0 Å². The number of non-ortho nitro benzene ring substituents is 1. The van der Waals surface area contributed by atoms with Crippen LogP contribution in [0.25, 0.3) is 0 Å². The minimum Gasteiger partial charge on any atom is -0.340 e. The van der Waals surface area contributed by atoms with E-state index in [-0.39, 0.29) is 11.6 Å². The molecule has 4 rings (SSSR count). The van der Waals surface area contributed by atoms with Crippen molar-refractivity contribution in [3.63, 3.8) is 0 Å². The van der Waals surface area contributed by atoms with Gasteiger partial charge in [-0.2, -0.15) is 4.98 Å². The van der Waals surface area contributed by atoms with Crippen molar-refractivity contribution in [1.82, 2.24) is 14.9 Å². The first-order chi connectivity index (χ1) is 15.4. The first-order valence-electron chi connectivity index (χ1n) is 10.4. The number of nitrogens with zero attached hydrogens (tertiary/aromatic N) is 5. The van der Waals surface area contributed by atoms with Crippen molar-refractivity contribution in [2.24, 2.45) is 0 Å². The van der Waals surface area contributed by atoms with Gasteiger partial charge in [-0.05, 0) is 38.1 Å². The minimum atomic E-state index is -0.475. The van der Waals surface area contributed by atoms with Crippen LogP contribution < -0.4 is 10.2 Å². The number of benzene rings is 2. The fourth-order valence-electron chi connectivity index (χ4n) is 3.56. The second-order valence-corrected chi connectivity index (χ2v) is 7.77. The normalized spacial score (nSPS) is 13.7. The van der Waals surface area contributed by atoms with Crippen molar-refractivity contribution >= 4 is 29.0 Å². The van der Waals surface area contributed by atoms with E-state index in [9.17, 15) is 14.9 Å². The fraction of sp³-hybridized carbons (Fsp3) is 0.261. The summed E-state index contributed by atoms with van der Waals surface area (Å²) in [6.07, 6.45) is 0. The molecule has 1 fully saturated rings. The lowest BCUT2D eigenvalue weighted by Gasteiger charge is -2.35. The maximum atomic E-state index is 12.8. The number of nitro groups is 1. The molecule has 1 aliphatic rings. The zero-order valence-electron chi connectivity index (χ0n) is 18.0. The molecule has 0 spiro atoms. The molecule has 164 valence electrons. The van der Waals surface area contributed by atoms with E-state index in [1.165, 1.54) is 29.8 Å². The molecule has 0 saturated carbocycles. The third-order valence-electron chi connectivity index (χ3n) is 5.34. The number of amides is 1. The van der Waals surface area contributed by atoms with Gasteiger partial charge in [0.1, 0.15) is 5.82 Å². The lowest BCUT2D eigenvalue weighted by Crippen LogP contribution is -2.49. The van der Waals surface area contributed by atoms with Gasteiger partial charge in [0.25, 0.3) is 11.6 Å². The molecule has 1 aromatic heterocycles. The highest BCUT2D eigenvalue weighted by Crippen LogP contribution is 2.21. The van der Waals surface area contributed by atoms with Gasteiger partial charge in [-0.15, -0.1) is 0 Å². The largest absolute Gasteiger partial charge is 0.340 e. The summed E-state index contributed by atoms with van der Waals surface area (Å²) in [5.74, 6) is 1.22. The quantitative estimate of drug-likeness (QED) is 0.484. The number of rotatable bonds is 5. The van der Waals surface area contributed by atoms with Crippen LogP contribution in [0.2, 0.25) is 0 Å². The van der Waals surface area contributed by atoms with Crippen molar-refractivity contribution in [2.75, 3.05) is 36.4 Å². The Hall–Kier alpha value is -4.01. The molecule has 0 aliphatic carbocycles. The van der Waals surface area contributed by atoms with Gasteiger partial charge in [-0.25, -0.2) is 4.98 Å². The standard InChI is InChI=1S/C23H24N6O3/c1-16-3-7-19(8-4-16)25-21-15-17(2)24-23(26-21)28-13-11-27(12-14-28)22(30)18-5-9-20(10-6-18)29(31)32/h3-10,15H,11-14H2,1-2H3,(H,24,25,26). The Kier molecular flexibility index (Phi) is 5.98. The van der Waals surface area contributed by atoms with Crippen LogP contribution in [0.1, 0.15) is 21.6 Å². The number of anilines is 3. The molecular formula is C23H24N6O3. The van der Waals surface area contributed by atoms with Crippen LogP contribution in [0.4, 0.5) is 23.1 Å². The maximum Gasteiger partial charge on any atom is 0.269 e. The number of carbonyl (C=O) groups excluding carboxylic acids is 1. The minimum absolute atomic E-state index is 0.0296. The van der Waals surface area contributed by atoms with Gasteiger partial charge in [0.05, 0.1) is 4.92 Å². The van der Waals surface area contributed by atoms with Crippen LogP contribution >= 0.6 is 0 Å². The zero-order valence-corrected chi connectivity index (χ0v) is 18.0. The first kappa shape index (κ1) is 21.2. The molecule has 1 aliphatic heterocycles. The van der Waals surface area contributed by atoms with E-state index in [4.69, 9.17) is 0 Å².